The van der Waals surface area contributed by atoms with Crippen molar-refractivity contribution in [1.82, 2.24) is 0 Å². The number of unbranched alkanes of at least 4 members (excludes halogenated alkanes) is 1. The monoisotopic (exact) mass is 364 g/mol. The first-order valence-corrected chi connectivity index (χ1v) is 8.55. The number of hydrogen-bond donors (Lipinski definition) is 2. The van der Waals surface area contributed by atoms with Gasteiger partial charge in [0.05, 0.1) is 4.92 Å². The van der Waals surface area contributed by atoms with E-state index in [0.717, 1.165) is 24.9 Å². The summed E-state index contributed by atoms with van der Waals surface area (Å²) in [5.41, 5.74) is 1.57. The fourth-order valence-electron chi connectivity index (χ4n) is 2.38. The summed E-state index contributed by atoms with van der Waals surface area (Å²) < 4.78 is 0. The number of carbonyl (C=O) groups is 1. The molecule has 2 aromatic carbocycles. The van der Waals surface area contributed by atoms with Crippen LogP contribution in [0.3, 0.4) is 0 Å². The van der Waals surface area contributed by atoms with E-state index in [-0.39, 0.29) is 16.9 Å². The molecule has 0 unspecified atom stereocenters. The number of hydrogen-bond acceptors (Lipinski definition) is 5. The number of carbonyl (C=O) groups excluding carboxylic acids is 1. The van der Waals surface area contributed by atoms with Gasteiger partial charge in [-0.2, -0.15) is 5.26 Å². The molecule has 0 saturated carbocycles. The average molecular weight is 364 g/mol. The molecule has 0 aliphatic rings. The molecule has 27 heavy (non-hydrogen) atoms. The molecule has 0 aromatic heterocycles. The van der Waals surface area contributed by atoms with Crippen LogP contribution in [0.1, 0.15) is 25.3 Å². The third kappa shape index (κ3) is 5.68. The van der Waals surface area contributed by atoms with Gasteiger partial charge in [0.2, 0.25) is 0 Å². The van der Waals surface area contributed by atoms with E-state index in [2.05, 4.69) is 17.6 Å². The van der Waals surface area contributed by atoms with Gasteiger partial charge in [-0.25, -0.2) is 0 Å². The maximum atomic E-state index is 12.2. The second-order valence-electron chi connectivity index (χ2n) is 5.84. The maximum absolute atomic E-state index is 12.2. The van der Waals surface area contributed by atoms with Crippen LogP contribution in [0.4, 0.5) is 17.1 Å². The molecule has 0 saturated heterocycles. The van der Waals surface area contributed by atoms with E-state index in [1.54, 1.807) is 12.1 Å². The van der Waals surface area contributed by atoms with Gasteiger partial charge in [0.25, 0.3) is 11.6 Å². The molecule has 0 aliphatic heterocycles. The molecule has 0 spiro atoms. The number of nitrogens with one attached hydrogen (secondary N) is 2. The minimum Gasteiger partial charge on any atom is -0.360 e. The van der Waals surface area contributed by atoms with Gasteiger partial charge in [-0.1, -0.05) is 37.6 Å². The molecule has 2 N–H and O–H groups in total. The number of para-hydroxylation sites is 2. The van der Waals surface area contributed by atoms with Crippen LogP contribution in [-0.2, 0) is 11.2 Å². The van der Waals surface area contributed by atoms with Gasteiger partial charge in [-0.3, -0.25) is 14.9 Å². The summed E-state index contributed by atoms with van der Waals surface area (Å²) in [7, 11) is 0. The lowest BCUT2D eigenvalue weighted by Crippen LogP contribution is -2.15. The van der Waals surface area contributed by atoms with Crippen LogP contribution in [-0.4, -0.2) is 10.8 Å². The molecule has 138 valence electrons. The smallest absolute Gasteiger partial charge is 0.292 e. The number of nitrogens with zero attached hydrogens (tertiary/aromatic N) is 2. The van der Waals surface area contributed by atoms with E-state index in [1.807, 2.05) is 24.3 Å². The SMILES string of the molecule is CCCCc1ccc(N/C=C(/C#N)C(=O)Nc2ccccc2[N+](=O)[O-])cc1. The number of benzene rings is 2. The number of anilines is 2. The Bertz CT molecular complexity index is 883. The Hall–Kier alpha value is -3.66. The Labute approximate surface area is 157 Å². The second kappa shape index (κ2) is 9.73. The summed E-state index contributed by atoms with van der Waals surface area (Å²) in [5, 5.41) is 25.5. The van der Waals surface area contributed by atoms with Crippen molar-refractivity contribution < 1.29 is 9.72 Å². The van der Waals surface area contributed by atoms with Crippen molar-refractivity contribution in [3.8, 4) is 6.07 Å². The molecule has 2 aromatic rings. The van der Waals surface area contributed by atoms with E-state index >= 15 is 0 Å². The molecule has 0 heterocycles. The van der Waals surface area contributed by atoms with Crippen LogP contribution >= 0.6 is 0 Å². The van der Waals surface area contributed by atoms with Crippen LogP contribution in [0.2, 0.25) is 0 Å². The number of nitro benzene ring substituents is 1. The number of nitriles is 1. The summed E-state index contributed by atoms with van der Waals surface area (Å²) >= 11 is 0. The van der Waals surface area contributed by atoms with Crippen molar-refractivity contribution in [2.75, 3.05) is 10.6 Å². The van der Waals surface area contributed by atoms with Crippen molar-refractivity contribution in [1.29, 1.82) is 5.26 Å². The molecular weight excluding hydrogens is 344 g/mol. The Kier molecular flexibility index (Phi) is 7.08. The van der Waals surface area contributed by atoms with Crippen LogP contribution in [0.25, 0.3) is 0 Å². The number of nitro groups is 1. The lowest BCUT2D eigenvalue weighted by molar-refractivity contribution is -0.383. The number of amides is 1. The van der Waals surface area contributed by atoms with E-state index in [4.69, 9.17) is 0 Å². The zero-order valence-electron chi connectivity index (χ0n) is 14.9. The Morgan fingerprint density at radius 3 is 2.56 bits per heavy atom. The van der Waals surface area contributed by atoms with E-state index < -0.39 is 10.8 Å². The minimum atomic E-state index is -0.723. The van der Waals surface area contributed by atoms with Crippen molar-refractivity contribution >= 4 is 23.0 Å². The first kappa shape index (κ1) is 19.7. The molecule has 7 heteroatoms. The van der Waals surface area contributed by atoms with Crippen molar-refractivity contribution in [2.45, 2.75) is 26.2 Å². The summed E-state index contributed by atoms with van der Waals surface area (Å²) in [6, 6.07) is 15.3. The summed E-state index contributed by atoms with van der Waals surface area (Å²) in [5.74, 6) is -0.723. The molecule has 0 fully saturated rings. The van der Waals surface area contributed by atoms with Gasteiger partial charge >= 0.3 is 0 Å². The highest BCUT2D eigenvalue weighted by Gasteiger charge is 2.17. The second-order valence-corrected chi connectivity index (χ2v) is 5.84. The topological polar surface area (TPSA) is 108 Å². The molecular formula is C20H20N4O3. The minimum absolute atomic E-state index is 0.0360. The van der Waals surface area contributed by atoms with Crippen molar-refractivity contribution in [3.63, 3.8) is 0 Å². The van der Waals surface area contributed by atoms with Crippen molar-refractivity contribution in [3.05, 3.63) is 76.0 Å². The molecule has 7 nitrogen and oxygen atoms in total. The largest absolute Gasteiger partial charge is 0.360 e. The lowest BCUT2D eigenvalue weighted by Gasteiger charge is -2.06. The predicted octanol–water partition coefficient (Wildman–Crippen LogP) is 4.40. The van der Waals surface area contributed by atoms with Gasteiger partial charge in [0.15, 0.2) is 0 Å². The molecule has 0 radical (unpaired) electrons. The summed E-state index contributed by atoms with van der Waals surface area (Å²) in [6.45, 7) is 2.14. The maximum Gasteiger partial charge on any atom is 0.292 e. The Morgan fingerprint density at radius 2 is 1.93 bits per heavy atom. The van der Waals surface area contributed by atoms with E-state index in [0.29, 0.717) is 0 Å². The Balaban J connectivity index is 2.06. The van der Waals surface area contributed by atoms with Gasteiger partial charge < -0.3 is 10.6 Å². The highest BCUT2D eigenvalue weighted by molar-refractivity contribution is 6.07. The highest BCUT2D eigenvalue weighted by Crippen LogP contribution is 2.23. The first-order valence-electron chi connectivity index (χ1n) is 8.55. The van der Waals surface area contributed by atoms with E-state index in [9.17, 15) is 20.2 Å². The van der Waals surface area contributed by atoms with E-state index in [1.165, 1.54) is 30.0 Å². The zero-order chi connectivity index (χ0) is 19.6. The van der Waals surface area contributed by atoms with Crippen LogP contribution < -0.4 is 10.6 Å². The van der Waals surface area contributed by atoms with Gasteiger partial charge in [0, 0.05) is 18.0 Å². The van der Waals surface area contributed by atoms with Crippen LogP contribution in [0.15, 0.2) is 60.3 Å². The lowest BCUT2D eigenvalue weighted by atomic mass is 10.1. The molecule has 0 bridgehead atoms. The fraction of sp³-hybridized carbons (Fsp3) is 0.200. The normalized spacial score (nSPS) is 10.7. The predicted molar refractivity (Wildman–Crippen MR) is 104 cm³/mol. The molecule has 2 rings (SSSR count). The van der Waals surface area contributed by atoms with Gasteiger partial charge in [0.1, 0.15) is 17.3 Å². The summed E-state index contributed by atoms with van der Waals surface area (Å²) in [6.07, 6.45) is 4.54. The van der Waals surface area contributed by atoms with Crippen LogP contribution in [0, 0.1) is 21.4 Å². The third-order valence-corrected chi connectivity index (χ3v) is 3.87. The van der Waals surface area contributed by atoms with Crippen molar-refractivity contribution in [2.24, 2.45) is 0 Å². The molecule has 1 amide bonds. The molecule has 0 aliphatic carbocycles. The first-order chi connectivity index (χ1) is 13.0. The zero-order valence-corrected chi connectivity index (χ0v) is 14.9. The van der Waals surface area contributed by atoms with Crippen LogP contribution in [0.5, 0.6) is 0 Å². The number of rotatable bonds is 8. The van der Waals surface area contributed by atoms with Gasteiger partial charge in [-0.15, -0.1) is 0 Å². The quantitative estimate of drug-likeness (QED) is 0.312. The third-order valence-electron chi connectivity index (χ3n) is 3.87. The summed E-state index contributed by atoms with van der Waals surface area (Å²) in [4.78, 5) is 22.7. The highest BCUT2D eigenvalue weighted by atomic mass is 16.6. The molecule has 0 atom stereocenters. The number of aryl methyl sites for hydroxylation is 1. The fourth-order valence-corrected chi connectivity index (χ4v) is 2.38. The average Bonchev–Trinajstić information content (AvgIpc) is 2.68. The van der Waals surface area contributed by atoms with Gasteiger partial charge in [-0.05, 0) is 36.6 Å². The Morgan fingerprint density at radius 1 is 1.22 bits per heavy atom. The standard InChI is InChI=1S/C20H20N4O3/c1-2-3-6-15-9-11-17(12-10-15)22-14-16(13-21)20(25)23-18-7-4-5-8-19(18)24(26)27/h4-5,7-12,14,22H,2-3,6H2,1H3,(H,23,25)/b16-14-.